The maximum absolute atomic E-state index is 12.4. The molecule has 0 spiro atoms. The molecule has 0 radical (unpaired) electrons. The number of ether oxygens (including phenoxy) is 1. The van der Waals surface area contributed by atoms with Gasteiger partial charge in [0.15, 0.2) is 0 Å². The van der Waals surface area contributed by atoms with Gasteiger partial charge in [-0.1, -0.05) is 15.9 Å². The molecule has 0 saturated carbocycles. The Balaban J connectivity index is 1.37. The fraction of sp³-hybridized carbons (Fsp3) is 0.350. The van der Waals surface area contributed by atoms with Crippen molar-refractivity contribution in [1.82, 2.24) is 4.90 Å². The third kappa shape index (κ3) is 5.14. The molecule has 138 valence electrons. The summed E-state index contributed by atoms with van der Waals surface area (Å²) in [5.41, 5.74) is 1.08. The van der Waals surface area contributed by atoms with E-state index in [1.807, 2.05) is 41.3 Å². The average molecular weight is 419 g/mol. The van der Waals surface area contributed by atoms with Crippen LogP contribution in [0.2, 0.25) is 0 Å². The zero-order valence-corrected chi connectivity index (χ0v) is 16.2. The molecule has 1 aliphatic heterocycles. The first-order valence-corrected chi connectivity index (χ1v) is 9.61. The summed E-state index contributed by atoms with van der Waals surface area (Å²) in [5.74, 6) is 1.28. The molecule has 2 aromatic rings. The van der Waals surface area contributed by atoms with Crippen LogP contribution >= 0.6 is 15.9 Å². The molecule has 5 nitrogen and oxygen atoms in total. The average Bonchev–Trinajstić information content (AvgIpc) is 2.67. The molecule has 0 unspecified atom stereocenters. The molecule has 0 bridgehead atoms. The first-order chi connectivity index (χ1) is 12.6. The van der Waals surface area contributed by atoms with Gasteiger partial charge in [-0.25, -0.2) is 0 Å². The van der Waals surface area contributed by atoms with Crippen LogP contribution in [0, 0.1) is 0 Å². The minimum atomic E-state index is 0.190. The Labute approximate surface area is 162 Å². The van der Waals surface area contributed by atoms with Gasteiger partial charge in [-0.2, -0.15) is 0 Å². The number of carbonyl (C=O) groups excluding carboxylic acids is 1. The van der Waals surface area contributed by atoms with Crippen LogP contribution in [0.5, 0.6) is 11.5 Å². The van der Waals surface area contributed by atoms with E-state index in [2.05, 4.69) is 20.8 Å². The predicted octanol–water partition coefficient (Wildman–Crippen LogP) is 3.66. The summed E-state index contributed by atoms with van der Waals surface area (Å²) in [6.45, 7) is 3.62. The van der Waals surface area contributed by atoms with Crippen LogP contribution in [0.3, 0.4) is 0 Å². The number of piperazine rings is 1. The van der Waals surface area contributed by atoms with Crippen molar-refractivity contribution in [1.29, 1.82) is 0 Å². The zero-order valence-electron chi connectivity index (χ0n) is 14.6. The molecule has 1 heterocycles. The van der Waals surface area contributed by atoms with Crippen LogP contribution in [-0.4, -0.2) is 48.7 Å². The molecule has 1 amide bonds. The largest absolute Gasteiger partial charge is 0.508 e. The number of phenolic OH excluding ortho intramolecular Hbond substituents is 1. The van der Waals surface area contributed by atoms with E-state index in [4.69, 9.17) is 4.74 Å². The van der Waals surface area contributed by atoms with Gasteiger partial charge in [0.2, 0.25) is 5.91 Å². The maximum atomic E-state index is 12.4. The highest BCUT2D eigenvalue weighted by molar-refractivity contribution is 9.10. The van der Waals surface area contributed by atoms with Crippen LogP contribution in [0.4, 0.5) is 5.69 Å². The lowest BCUT2D eigenvalue weighted by atomic mass is 10.2. The van der Waals surface area contributed by atoms with Crippen LogP contribution in [0.15, 0.2) is 53.0 Å². The molecule has 2 aromatic carbocycles. The Kier molecular flexibility index (Phi) is 6.39. The van der Waals surface area contributed by atoms with Crippen molar-refractivity contribution in [2.24, 2.45) is 0 Å². The van der Waals surface area contributed by atoms with E-state index in [-0.39, 0.29) is 11.7 Å². The topological polar surface area (TPSA) is 53.0 Å². The first-order valence-electron chi connectivity index (χ1n) is 8.82. The molecule has 0 aliphatic carbocycles. The van der Waals surface area contributed by atoms with Gasteiger partial charge in [-0.15, -0.1) is 0 Å². The molecule has 1 saturated heterocycles. The summed E-state index contributed by atoms with van der Waals surface area (Å²) < 4.78 is 6.68. The van der Waals surface area contributed by atoms with Gasteiger partial charge >= 0.3 is 0 Å². The maximum Gasteiger partial charge on any atom is 0.222 e. The Morgan fingerprint density at radius 1 is 1.00 bits per heavy atom. The highest BCUT2D eigenvalue weighted by atomic mass is 79.9. The summed E-state index contributed by atoms with van der Waals surface area (Å²) in [6.07, 6.45) is 1.23. The Morgan fingerprint density at radius 3 is 2.31 bits per heavy atom. The lowest BCUT2D eigenvalue weighted by Crippen LogP contribution is -2.48. The van der Waals surface area contributed by atoms with Crippen molar-refractivity contribution < 1.29 is 14.6 Å². The van der Waals surface area contributed by atoms with Crippen LogP contribution in [0.1, 0.15) is 12.8 Å². The number of phenols is 1. The number of hydrogen-bond acceptors (Lipinski definition) is 4. The fourth-order valence-corrected chi connectivity index (χ4v) is 3.24. The molecule has 1 fully saturated rings. The number of anilines is 1. The molecular weight excluding hydrogens is 396 g/mol. The first kappa shape index (κ1) is 18.6. The van der Waals surface area contributed by atoms with E-state index in [1.165, 1.54) is 0 Å². The van der Waals surface area contributed by atoms with E-state index < -0.39 is 0 Å². The van der Waals surface area contributed by atoms with Crippen molar-refractivity contribution in [3.8, 4) is 11.5 Å². The number of carbonyl (C=O) groups is 1. The van der Waals surface area contributed by atoms with Gasteiger partial charge in [-0.05, 0) is 55.0 Å². The number of aromatic hydroxyl groups is 1. The summed E-state index contributed by atoms with van der Waals surface area (Å²) in [7, 11) is 0. The number of halogens is 1. The van der Waals surface area contributed by atoms with Gasteiger partial charge in [0.1, 0.15) is 11.5 Å². The second-order valence-corrected chi connectivity index (χ2v) is 7.21. The Hall–Kier alpha value is -2.21. The molecule has 3 rings (SSSR count). The molecule has 6 heteroatoms. The molecule has 0 aromatic heterocycles. The number of hydrogen-bond donors (Lipinski definition) is 1. The van der Waals surface area contributed by atoms with E-state index >= 15 is 0 Å². The van der Waals surface area contributed by atoms with Gasteiger partial charge in [0.25, 0.3) is 0 Å². The SMILES string of the molecule is O=C(CCCOc1ccc(Br)cc1)N1CCN(c2ccc(O)cc2)CC1. The number of benzene rings is 2. The van der Waals surface area contributed by atoms with E-state index in [9.17, 15) is 9.90 Å². The third-order valence-electron chi connectivity index (χ3n) is 4.46. The predicted molar refractivity (Wildman–Crippen MR) is 106 cm³/mol. The standard InChI is InChI=1S/C20H23BrN2O3/c21-16-3-9-19(10-4-16)26-15-1-2-20(25)23-13-11-22(12-14-23)17-5-7-18(24)8-6-17/h3-10,24H,1-2,11-15H2. The van der Waals surface area contributed by atoms with Crippen LogP contribution in [-0.2, 0) is 4.79 Å². The number of rotatable bonds is 6. The van der Waals surface area contributed by atoms with Gasteiger partial charge in [0.05, 0.1) is 6.61 Å². The van der Waals surface area contributed by atoms with E-state index in [1.54, 1.807) is 12.1 Å². The van der Waals surface area contributed by atoms with Gasteiger partial charge in [-0.3, -0.25) is 4.79 Å². The second kappa shape index (κ2) is 8.94. The number of nitrogens with zero attached hydrogens (tertiary/aromatic N) is 2. The normalized spacial score (nSPS) is 14.3. The van der Waals surface area contributed by atoms with Crippen molar-refractivity contribution in [3.05, 3.63) is 53.0 Å². The molecule has 1 N–H and O–H groups in total. The monoisotopic (exact) mass is 418 g/mol. The van der Waals surface area contributed by atoms with Crippen molar-refractivity contribution >= 4 is 27.5 Å². The van der Waals surface area contributed by atoms with Crippen molar-refractivity contribution in [2.45, 2.75) is 12.8 Å². The Morgan fingerprint density at radius 2 is 1.65 bits per heavy atom. The highest BCUT2D eigenvalue weighted by Gasteiger charge is 2.20. The molecule has 0 atom stereocenters. The third-order valence-corrected chi connectivity index (χ3v) is 4.99. The summed E-state index contributed by atoms with van der Waals surface area (Å²) >= 11 is 3.39. The molecule has 26 heavy (non-hydrogen) atoms. The van der Waals surface area contributed by atoms with E-state index in [0.717, 1.165) is 42.1 Å². The summed E-state index contributed by atoms with van der Waals surface area (Å²) in [5, 5.41) is 9.37. The zero-order chi connectivity index (χ0) is 18.4. The second-order valence-electron chi connectivity index (χ2n) is 6.29. The van der Waals surface area contributed by atoms with Gasteiger partial charge in [0, 0.05) is 42.8 Å². The molecule has 1 aliphatic rings. The van der Waals surface area contributed by atoms with Gasteiger partial charge < -0.3 is 19.6 Å². The van der Waals surface area contributed by atoms with Crippen molar-refractivity contribution in [2.75, 3.05) is 37.7 Å². The highest BCUT2D eigenvalue weighted by Crippen LogP contribution is 2.20. The lowest BCUT2D eigenvalue weighted by molar-refractivity contribution is -0.131. The quantitative estimate of drug-likeness (QED) is 0.727. The van der Waals surface area contributed by atoms with Crippen LogP contribution in [0.25, 0.3) is 0 Å². The molecular formula is C20H23BrN2O3. The van der Waals surface area contributed by atoms with Crippen molar-refractivity contribution in [3.63, 3.8) is 0 Å². The minimum Gasteiger partial charge on any atom is -0.508 e. The fourth-order valence-electron chi connectivity index (χ4n) is 2.98. The smallest absolute Gasteiger partial charge is 0.222 e. The lowest BCUT2D eigenvalue weighted by Gasteiger charge is -2.36. The number of amides is 1. The summed E-state index contributed by atoms with van der Waals surface area (Å²) in [4.78, 5) is 16.5. The Bertz CT molecular complexity index is 711. The van der Waals surface area contributed by atoms with E-state index in [0.29, 0.717) is 19.4 Å². The summed E-state index contributed by atoms with van der Waals surface area (Å²) in [6, 6.07) is 14.9. The minimum absolute atomic E-state index is 0.190. The van der Waals surface area contributed by atoms with Crippen LogP contribution < -0.4 is 9.64 Å².